The van der Waals surface area contributed by atoms with Gasteiger partial charge in [0.25, 0.3) is 0 Å². The Morgan fingerprint density at radius 2 is 2.00 bits per heavy atom. The molecule has 0 radical (unpaired) electrons. The second kappa shape index (κ2) is 5.10. The van der Waals surface area contributed by atoms with Gasteiger partial charge >= 0.3 is 0 Å². The Hall–Kier alpha value is -0.540. The fourth-order valence-corrected chi connectivity index (χ4v) is 4.20. The third kappa shape index (κ3) is 2.31. The van der Waals surface area contributed by atoms with E-state index in [9.17, 15) is 5.11 Å². The first-order chi connectivity index (χ1) is 9.12. The number of rotatable bonds is 2. The van der Waals surface area contributed by atoms with Crippen LogP contribution in [0.25, 0.3) is 0 Å². The van der Waals surface area contributed by atoms with Crippen LogP contribution in [0.2, 0.25) is 0 Å². The van der Waals surface area contributed by atoms with Gasteiger partial charge in [0.1, 0.15) is 11.9 Å². The van der Waals surface area contributed by atoms with Crippen molar-refractivity contribution in [3.05, 3.63) is 28.2 Å². The van der Waals surface area contributed by atoms with Crippen molar-refractivity contribution in [3.63, 3.8) is 0 Å². The highest BCUT2D eigenvalue weighted by Crippen LogP contribution is 2.53. The highest BCUT2D eigenvalue weighted by Gasteiger charge is 2.56. The third-order valence-corrected chi connectivity index (χ3v) is 5.50. The maximum atomic E-state index is 10.2. The van der Waals surface area contributed by atoms with Gasteiger partial charge in [-0.25, -0.2) is 0 Å². The number of aryl methyl sites for hydroxylation is 1. The molecule has 2 nitrogen and oxygen atoms in total. The SMILES string of the molecule is Cc1ccc(OC2CC(O)C23CCCCC3)c(Br)c1. The van der Waals surface area contributed by atoms with Crippen LogP contribution in [-0.4, -0.2) is 17.3 Å². The molecule has 2 aliphatic rings. The van der Waals surface area contributed by atoms with Crippen molar-refractivity contribution in [1.82, 2.24) is 0 Å². The summed E-state index contributed by atoms with van der Waals surface area (Å²) in [6.07, 6.45) is 6.78. The summed E-state index contributed by atoms with van der Waals surface area (Å²) in [6, 6.07) is 6.18. The second-order valence-electron chi connectivity index (χ2n) is 6.09. The quantitative estimate of drug-likeness (QED) is 0.882. The number of benzene rings is 1. The summed E-state index contributed by atoms with van der Waals surface area (Å²) in [7, 11) is 0. The summed E-state index contributed by atoms with van der Waals surface area (Å²) >= 11 is 3.57. The van der Waals surface area contributed by atoms with E-state index in [1.807, 2.05) is 6.07 Å². The van der Waals surface area contributed by atoms with Crippen LogP contribution in [0, 0.1) is 12.3 Å². The Kier molecular flexibility index (Phi) is 3.61. The minimum Gasteiger partial charge on any atom is -0.488 e. The van der Waals surface area contributed by atoms with Crippen LogP contribution in [0.1, 0.15) is 44.1 Å². The number of halogens is 1. The molecule has 1 N–H and O–H groups in total. The Morgan fingerprint density at radius 3 is 2.63 bits per heavy atom. The molecule has 1 aromatic carbocycles. The lowest BCUT2D eigenvalue weighted by Gasteiger charge is -2.55. The molecule has 2 unspecified atom stereocenters. The molecule has 2 aliphatic carbocycles. The van der Waals surface area contributed by atoms with Crippen LogP contribution in [0.3, 0.4) is 0 Å². The van der Waals surface area contributed by atoms with E-state index in [2.05, 4.69) is 35.0 Å². The van der Waals surface area contributed by atoms with Crippen LogP contribution in [0.15, 0.2) is 22.7 Å². The zero-order valence-electron chi connectivity index (χ0n) is 11.4. The standard InChI is InChI=1S/C16H21BrO2/c1-11-5-6-13(12(17)9-11)19-15-10-14(18)16(15)7-3-2-4-8-16/h5-6,9,14-15,18H,2-4,7-8,10H2,1H3. The van der Waals surface area contributed by atoms with E-state index in [-0.39, 0.29) is 17.6 Å². The Bertz CT molecular complexity index is 466. The van der Waals surface area contributed by atoms with Crippen LogP contribution in [0.4, 0.5) is 0 Å². The minimum absolute atomic E-state index is 0.0303. The van der Waals surface area contributed by atoms with E-state index in [0.29, 0.717) is 0 Å². The van der Waals surface area contributed by atoms with Gasteiger partial charge in [0, 0.05) is 11.8 Å². The summed E-state index contributed by atoms with van der Waals surface area (Å²) in [4.78, 5) is 0. The molecule has 1 aromatic rings. The Labute approximate surface area is 123 Å². The molecule has 2 atom stereocenters. The largest absolute Gasteiger partial charge is 0.488 e. The lowest BCUT2D eigenvalue weighted by Crippen LogP contribution is -2.60. The van der Waals surface area contributed by atoms with Crippen molar-refractivity contribution in [2.24, 2.45) is 5.41 Å². The summed E-state index contributed by atoms with van der Waals surface area (Å²) in [5.74, 6) is 0.910. The van der Waals surface area contributed by atoms with Crippen LogP contribution in [0.5, 0.6) is 5.75 Å². The van der Waals surface area contributed by atoms with Crippen molar-refractivity contribution in [2.75, 3.05) is 0 Å². The topological polar surface area (TPSA) is 29.5 Å². The molecule has 3 heteroatoms. The molecule has 2 saturated carbocycles. The van der Waals surface area contributed by atoms with Crippen molar-refractivity contribution in [1.29, 1.82) is 0 Å². The van der Waals surface area contributed by atoms with Crippen molar-refractivity contribution in [2.45, 2.75) is 57.7 Å². The first kappa shape index (κ1) is 13.4. The van der Waals surface area contributed by atoms with Gasteiger partial charge in [-0.3, -0.25) is 0 Å². The molecule has 0 aromatic heterocycles. The van der Waals surface area contributed by atoms with Gasteiger partial charge in [-0.1, -0.05) is 25.3 Å². The zero-order chi connectivity index (χ0) is 13.5. The van der Waals surface area contributed by atoms with E-state index in [4.69, 9.17) is 4.74 Å². The van der Waals surface area contributed by atoms with Crippen molar-refractivity contribution < 1.29 is 9.84 Å². The predicted molar refractivity (Wildman–Crippen MR) is 79.4 cm³/mol. The molecule has 0 heterocycles. The molecule has 0 amide bonds. The lowest BCUT2D eigenvalue weighted by atomic mass is 9.56. The smallest absolute Gasteiger partial charge is 0.133 e. The van der Waals surface area contributed by atoms with Crippen LogP contribution in [-0.2, 0) is 0 Å². The molecule has 104 valence electrons. The number of hydrogen-bond donors (Lipinski definition) is 1. The highest BCUT2D eigenvalue weighted by atomic mass is 79.9. The van der Waals surface area contributed by atoms with Gasteiger partial charge in [-0.05, 0) is 53.4 Å². The molecular weight excluding hydrogens is 304 g/mol. The molecule has 0 saturated heterocycles. The number of aliphatic hydroxyl groups is 1. The molecule has 2 fully saturated rings. The number of ether oxygens (including phenoxy) is 1. The second-order valence-corrected chi connectivity index (χ2v) is 6.94. The molecule has 1 spiro atoms. The summed E-state index contributed by atoms with van der Waals surface area (Å²) in [5, 5.41) is 10.2. The number of hydrogen-bond acceptors (Lipinski definition) is 2. The molecule has 19 heavy (non-hydrogen) atoms. The van der Waals surface area contributed by atoms with Gasteiger partial charge in [0.2, 0.25) is 0 Å². The normalized spacial score (nSPS) is 29.0. The minimum atomic E-state index is -0.165. The van der Waals surface area contributed by atoms with Crippen molar-refractivity contribution >= 4 is 15.9 Å². The van der Waals surface area contributed by atoms with E-state index in [1.165, 1.54) is 24.8 Å². The summed E-state index contributed by atoms with van der Waals surface area (Å²) in [5.41, 5.74) is 1.25. The van der Waals surface area contributed by atoms with E-state index in [0.717, 1.165) is 29.5 Å². The average Bonchev–Trinajstić information content (AvgIpc) is 2.42. The van der Waals surface area contributed by atoms with E-state index < -0.39 is 0 Å². The molecule has 0 aliphatic heterocycles. The van der Waals surface area contributed by atoms with Gasteiger partial charge in [0.15, 0.2) is 0 Å². The fraction of sp³-hybridized carbons (Fsp3) is 0.625. The highest BCUT2D eigenvalue weighted by molar-refractivity contribution is 9.10. The third-order valence-electron chi connectivity index (χ3n) is 4.88. The monoisotopic (exact) mass is 324 g/mol. The van der Waals surface area contributed by atoms with Gasteiger partial charge < -0.3 is 9.84 Å². The summed E-state index contributed by atoms with van der Waals surface area (Å²) < 4.78 is 7.21. The lowest BCUT2D eigenvalue weighted by molar-refractivity contribution is -0.172. The molecular formula is C16H21BrO2. The fourth-order valence-electron chi connectivity index (χ4n) is 3.61. The van der Waals surface area contributed by atoms with Crippen LogP contribution >= 0.6 is 15.9 Å². The maximum Gasteiger partial charge on any atom is 0.133 e. The van der Waals surface area contributed by atoms with Crippen molar-refractivity contribution in [3.8, 4) is 5.75 Å². The predicted octanol–water partition coefficient (Wildman–Crippen LogP) is 4.22. The van der Waals surface area contributed by atoms with E-state index >= 15 is 0 Å². The average molecular weight is 325 g/mol. The Morgan fingerprint density at radius 1 is 1.26 bits per heavy atom. The van der Waals surface area contributed by atoms with E-state index in [1.54, 1.807) is 0 Å². The maximum absolute atomic E-state index is 10.2. The molecule has 0 bridgehead atoms. The number of aliphatic hydroxyl groups excluding tert-OH is 1. The van der Waals surface area contributed by atoms with Gasteiger partial charge in [0.05, 0.1) is 10.6 Å². The zero-order valence-corrected chi connectivity index (χ0v) is 12.9. The Balaban J connectivity index is 1.76. The van der Waals surface area contributed by atoms with Gasteiger partial charge in [-0.2, -0.15) is 0 Å². The first-order valence-electron chi connectivity index (χ1n) is 7.23. The van der Waals surface area contributed by atoms with Gasteiger partial charge in [-0.15, -0.1) is 0 Å². The first-order valence-corrected chi connectivity index (χ1v) is 8.02. The molecule has 3 rings (SSSR count). The summed E-state index contributed by atoms with van der Waals surface area (Å²) in [6.45, 7) is 2.07. The van der Waals surface area contributed by atoms with Crippen LogP contribution < -0.4 is 4.74 Å².